The van der Waals surface area contributed by atoms with Gasteiger partial charge in [0.15, 0.2) is 0 Å². The fraction of sp³-hybridized carbons (Fsp3) is 1.00. The fourth-order valence-electron chi connectivity index (χ4n) is 2.95. The third-order valence-corrected chi connectivity index (χ3v) is 6.64. The van der Waals surface area contributed by atoms with Gasteiger partial charge < -0.3 is 9.42 Å². The van der Waals surface area contributed by atoms with Crippen LogP contribution in [0.5, 0.6) is 0 Å². The molecule has 3 unspecified atom stereocenters. The van der Waals surface area contributed by atoms with Gasteiger partial charge in [-0.25, -0.2) is 0 Å². The molecule has 23 heavy (non-hydrogen) atoms. The number of hydrogen-bond donors (Lipinski definition) is 1. The van der Waals surface area contributed by atoms with Crippen LogP contribution in [0.1, 0.15) is 105 Å². The lowest BCUT2D eigenvalue weighted by Gasteiger charge is -2.30. The van der Waals surface area contributed by atoms with Crippen LogP contribution in [-0.2, 0) is 9.09 Å². The van der Waals surface area contributed by atoms with Crippen LogP contribution in [-0.4, -0.2) is 16.7 Å². The molecule has 0 amide bonds. The molecule has 3 nitrogen and oxygen atoms in total. The number of hydrogen-bond acceptors (Lipinski definition) is 2. The van der Waals surface area contributed by atoms with E-state index >= 15 is 0 Å². The monoisotopic (exact) mass is 348 g/mol. The van der Waals surface area contributed by atoms with Gasteiger partial charge in [0.25, 0.3) is 0 Å². The lowest BCUT2D eigenvalue weighted by Crippen LogP contribution is -2.24. The topological polar surface area (TPSA) is 46.5 Å². The second-order valence-electron chi connectivity index (χ2n) is 7.17. The zero-order chi connectivity index (χ0) is 17.7. The van der Waals surface area contributed by atoms with Crippen LogP contribution < -0.4 is 0 Å². The summed E-state index contributed by atoms with van der Waals surface area (Å²) in [6, 6.07) is 0. The lowest BCUT2D eigenvalue weighted by molar-refractivity contribution is 0.0942. The summed E-state index contributed by atoms with van der Waals surface area (Å²) in [4.78, 5) is 10.2. The van der Waals surface area contributed by atoms with Gasteiger partial charge in [0, 0.05) is 0 Å². The maximum absolute atomic E-state index is 12.3. The van der Waals surface area contributed by atoms with Crippen LogP contribution in [0.25, 0.3) is 0 Å². The molecule has 0 aromatic rings. The van der Waals surface area contributed by atoms with Gasteiger partial charge in [-0.05, 0) is 18.8 Å². The van der Waals surface area contributed by atoms with Crippen molar-refractivity contribution in [3.63, 3.8) is 0 Å². The van der Waals surface area contributed by atoms with Crippen molar-refractivity contribution < 1.29 is 14.0 Å². The molecule has 0 aliphatic carbocycles. The van der Waals surface area contributed by atoms with Crippen molar-refractivity contribution in [3.8, 4) is 0 Å². The predicted octanol–water partition coefficient (Wildman–Crippen LogP) is 6.93. The fourth-order valence-corrected chi connectivity index (χ4v) is 3.86. The van der Waals surface area contributed by atoms with Gasteiger partial charge in [0.2, 0.25) is 0 Å². The highest BCUT2D eigenvalue weighted by atomic mass is 31.2. The molecule has 0 aliphatic rings. The summed E-state index contributed by atoms with van der Waals surface area (Å²) in [6.07, 6.45) is 12.7. The van der Waals surface area contributed by atoms with E-state index in [4.69, 9.17) is 4.52 Å². The van der Waals surface area contributed by atoms with Gasteiger partial charge in [-0.15, -0.1) is 0 Å². The molecule has 0 fully saturated rings. The van der Waals surface area contributed by atoms with E-state index in [0.29, 0.717) is 5.92 Å². The van der Waals surface area contributed by atoms with Gasteiger partial charge in [0.05, 0.1) is 11.8 Å². The minimum atomic E-state index is -3.49. The van der Waals surface area contributed by atoms with Crippen molar-refractivity contribution in [2.45, 2.75) is 117 Å². The highest BCUT2D eigenvalue weighted by molar-refractivity contribution is 7.53. The van der Waals surface area contributed by atoms with E-state index in [1.165, 1.54) is 44.9 Å². The highest BCUT2D eigenvalue weighted by Gasteiger charge is 2.31. The third-order valence-electron chi connectivity index (χ3n) is 4.76. The summed E-state index contributed by atoms with van der Waals surface area (Å²) >= 11 is 0. The van der Waals surface area contributed by atoms with E-state index < -0.39 is 7.60 Å². The minimum Gasteiger partial charge on any atom is -0.324 e. The van der Waals surface area contributed by atoms with E-state index in [1.54, 1.807) is 13.8 Å². The molecule has 0 saturated heterocycles. The molecule has 1 N–H and O–H groups in total. The Labute approximate surface area is 145 Å². The summed E-state index contributed by atoms with van der Waals surface area (Å²) in [5, 5.41) is 0. The molecule has 0 aliphatic heterocycles. The van der Waals surface area contributed by atoms with Gasteiger partial charge in [-0.1, -0.05) is 92.4 Å². The molecule has 3 atom stereocenters. The zero-order valence-electron chi connectivity index (χ0n) is 16.2. The maximum atomic E-state index is 12.3. The van der Waals surface area contributed by atoms with E-state index in [9.17, 15) is 9.46 Å². The third kappa shape index (κ3) is 10.6. The van der Waals surface area contributed by atoms with Crippen LogP contribution in [0.15, 0.2) is 0 Å². The van der Waals surface area contributed by atoms with Crippen molar-refractivity contribution in [2.75, 3.05) is 0 Å². The first-order chi connectivity index (χ1) is 10.9. The normalized spacial score (nSPS) is 17.2. The molecule has 0 rings (SSSR count). The first-order valence-corrected chi connectivity index (χ1v) is 11.5. The minimum absolute atomic E-state index is 0.0586. The molecule has 0 bridgehead atoms. The van der Waals surface area contributed by atoms with Crippen LogP contribution in [0.3, 0.4) is 0 Å². The SMILES string of the molecule is CCCCCCC(CC)C(CCCCCC)OP(=O)(O)C(C)C. The van der Waals surface area contributed by atoms with Crippen molar-refractivity contribution >= 4 is 7.60 Å². The van der Waals surface area contributed by atoms with E-state index in [-0.39, 0.29) is 11.8 Å². The van der Waals surface area contributed by atoms with E-state index in [1.807, 2.05) is 0 Å². The van der Waals surface area contributed by atoms with Crippen LogP contribution in [0.2, 0.25) is 0 Å². The Morgan fingerprint density at radius 2 is 1.39 bits per heavy atom. The average Bonchev–Trinajstić information content (AvgIpc) is 2.50. The summed E-state index contributed by atoms with van der Waals surface area (Å²) in [5.74, 6) is 0.410. The Morgan fingerprint density at radius 3 is 1.83 bits per heavy atom. The maximum Gasteiger partial charge on any atom is 0.330 e. The molecule has 0 heterocycles. The van der Waals surface area contributed by atoms with Gasteiger partial charge in [-0.2, -0.15) is 0 Å². The van der Waals surface area contributed by atoms with Crippen LogP contribution in [0.4, 0.5) is 0 Å². The Kier molecular flexibility index (Phi) is 13.5. The molecular formula is C19H41O3P. The van der Waals surface area contributed by atoms with Gasteiger partial charge >= 0.3 is 7.60 Å². The molecule has 4 heteroatoms. The predicted molar refractivity (Wildman–Crippen MR) is 101 cm³/mol. The van der Waals surface area contributed by atoms with Crippen molar-refractivity contribution in [2.24, 2.45) is 5.92 Å². The smallest absolute Gasteiger partial charge is 0.324 e. The molecule has 0 aromatic carbocycles. The summed E-state index contributed by atoms with van der Waals surface area (Å²) < 4.78 is 18.1. The molecule has 0 saturated carbocycles. The second-order valence-corrected chi connectivity index (χ2v) is 9.54. The molecule has 0 radical (unpaired) electrons. The summed E-state index contributed by atoms with van der Waals surface area (Å²) in [6.45, 7) is 10.2. The first kappa shape index (κ1) is 23.1. The molecule has 0 spiro atoms. The zero-order valence-corrected chi connectivity index (χ0v) is 17.1. The second kappa shape index (κ2) is 13.4. The van der Waals surface area contributed by atoms with Crippen LogP contribution >= 0.6 is 7.60 Å². The highest BCUT2D eigenvalue weighted by Crippen LogP contribution is 2.50. The largest absolute Gasteiger partial charge is 0.330 e. The standard InChI is InChI=1S/C19H41O3P/c1-6-9-11-13-15-18(8-3)19(16-14-12-10-7-2)22-23(20,21)17(4)5/h17-19H,6-16H2,1-5H3,(H,20,21). The Balaban J connectivity index is 4.66. The lowest BCUT2D eigenvalue weighted by atomic mass is 9.90. The Morgan fingerprint density at radius 1 is 0.870 bits per heavy atom. The quantitative estimate of drug-likeness (QED) is 0.258. The summed E-state index contributed by atoms with van der Waals surface area (Å²) in [5.41, 5.74) is -0.321. The average molecular weight is 349 g/mol. The number of unbranched alkanes of at least 4 members (excludes halogenated alkanes) is 6. The number of rotatable bonds is 15. The first-order valence-electron chi connectivity index (χ1n) is 9.89. The Hall–Kier alpha value is 0.150. The van der Waals surface area contributed by atoms with Crippen LogP contribution in [0, 0.1) is 5.92 Å². The van der Waals surface area contributed by atoms with E-state index in [0.717, 1.165) is 25.7 Å². The van der Waals surface area contributed by atoms with Gasteiger partial charge in [-0.3, -0.25) is 4.57 Å². The summed E-state index contributed by atoms with van der Waals surface area (Å²) in [7, 11) is -3.49. The molecule has 0 aromatic heterocycles. The van der Waals surface area contributed by atoms with Crippen molar-refractivity contribution in [1.82, 2.24) is 0 Å². The molecule has 140 valence electrons. The van der Waals surface area contributed by atoms with Gasteiger partial charge in [0.1, 0.15) is 0 Å². The molecular weight excluding hydrogens is 307 g/mol. The van der Waals surface area contributed by atoms with Crippen molar-refractivity contribution in [1.29, 1.82) is 0 Å². The van der Waals surface area contributed by atoms with E-state index in [2.05, 4.69) is 20.8 Å². The van der Waals surface area contributed by atoms with Crippen molar-refractivity contribution in [3.05, 3.63) is 0 Å². The Bertz CT molecular complexity index is 318.